The van der Waals surface area contributed by atoms with E-state index in [1.807, 2.05) is 0 Å². The van der Waals surface area contributed by atoms with Crippen molar-refractivity contribution in [3.8, 4) is 17.2 Å². The monoisotopic (exact) mass is 504 g/mol. The molecule has 0 aliphatic carbocycles. The van der Waals surface area contributed by atoms with Gasteiger partial charge >= 0.3 is 5.97 Å². The van der Waals surface area contributed by atoms with Gasteiger partial charge in [-0.15, -0.1) is 0 Å². The molecule has 3 rings (SSSR count). The first-order chi connectivity index (χ1) is 17.2. The summed E-state index contributed by atoms with van der Waals surface area (Å²) < 4.78 is 16.8. The lowest BCUT2D eigenvalue weighted by atomic mass is 9.97. The normalized spacial score (nSPS) is 25.3. The van der Waals surface area contributed by atoms with Crippen molar-refractivity contribution >= 4 is 18.1 Å². The van der Waals surface area contributed by atoms with Gasteiger partial charge in [-0.25, -0.2) is 4.79 Å². The van der Waals surface area contributed by atoms with Crippen molar-refractivity contribution in [3.05, 3.63) is 65.2 Å². The minimum Gasteiger partial charge on any atom is -0.508 e. The second-order valence-corrected chi connectivity index (χ2v) is 8.00. The predicted octanol–water partition coefficient (Wildman–Crippen LogP) is 0.775. The number of aromatic hydroxyl groups is 2. The lowest BCUT2D eigenvalue weighted by Crippen LogP contribution is -2.59. The van der Waals surface area contributed by atoms with Gasteiger partial charge in [0, 0.05) is 11.6 Å². The number of hydrogen-bond donors (Lipinski definition) is 7. The molecular formula is C25H28O11. The summed E-state index contributed by atoms with van der Waals surface area (Å²) in [6, 6.07) is 8.89. The minimum absolute atomic E-state index is 0.0486. The van der Waals surface area contributed by atoms with E-state index < -0.39 is 49.4 Å². The van der Waals surface area contributed by atoms with Gasteiger partial charge in [-0.2, -0.15) is 0 Å². The summed E-state index contributed by atoms with van der Waals surface area (Å²) in [7, 11) is 1.29. The molecule has 6 unspecified atom stereocenters. The highest BCUT2D eigenvalue weighted by molar-refractivity contribution is 5.86. The first kappa shape index (κ1) is 27.1. The van der Waals surface area contributed by atoms with Crippen molar-refractivity contribution in [2.75, 3.05) is 13.7 Å². The lowest BCUT2D eigenvalue weighted by Gasteiger charge is -2.40. The van der Waals surface area contributed by atoms with Crippen LogP contribution in [0.1, 0.15) is 22.8 Å². The van der Waals surface area contributed by atoms with Crippen LogP contribution in [-0.4, -0.2) is 86.1 Å². The van der Waals surface area contributed by atoms with Crippen LogP contribution in [0, 0.1) is 0 Å². The van der Waals surface area contributed by atoms with E-state index in [0.717, 1.165) is 6.08 Å². The van der Waals surface area contributed by atoms with Crippen molar-refractivity contribution in [2.24, 2.45) is 0 Å². The molecule has 11 nitrogen and oxygen atoms in total. The molecular weight excluding hydrogens is 476 g/mol. The number of carbonyl (C=O) groups is 1. The van der Waals surface area contributed by atoms with Gasteiger partial charge < -0.3 is 50.0 Å². The molecule has 194 valence electrons. The Hall–Kier alpha value is -3.45. The Morgan fingerprint density at radius 3 is 2.33 bits per heavy atom. The van der Waals surface area contributed by atoms with Gasteiger partial charge in [-0.05, 0) is 35.4 Å². The van der Waals surface area contributed by atoms with Crippen LogP contribution in [0.15, 0.2) is 48.6 Å². The van der Waals surface area contributed by atoms with Crippen molar-refractivity contribution in [3.63, 3.8) is 0 Å². The second-order valence-electron chi connectivity index (χ2n) is 8.00. The van der Waals surface area contributed by atoms with Gasteiger partial charge in [0.2, 0.25) is 0 Å². The molecule has 6 atom stereocenters. The Labute approximate surface area is 206 Å². The molecule has 11 heteroatoms. The quantitative estimate of drug-likeness (QED) is 0.239. The molecule has 7 N–H and O–H groups in total. The number of aliphatic carboxylic acids is 1. The molecule has 36 heavy (non-hydrogen) atoms. The van der Waals surface area contributed by atoms with Crippen LogP contribution < -0.4 is 4.74 Å². The number of carboxylic acids is 1. The number of aliphatic hydroxyl groups excluding tert-OH is 4. The fourth-order valence-corrected chi connectivity index (χ4v) is 3.74. The molecule has 0 aromatic heterocycles. The smallest absolute Gasteiger partial charge is 0.328 e. The highest BCUT2D eigenvalue weighted by Crippen LogP contribution is 2.41. The maximum atomic E-state index is 11.1. The number of aliphatic hydroxyl groups is 4. The third-order valence-corrected chi connectivity index (χ3v) is 5.59. The molecule has 2 aromatic rings. The number of benzene rings is 2. The average molecular weight is 504 g/mol. The maximum absolute atomic E-state index is 11.1. The highest BCUT2D eigenvalue weighted by atomic mass is 16.7. The largest absolute Gasteiger partial charge is 0.508 e. The molecule has 0 spiro atoms. The number of ether oxygens (including phenoxy) is 3. The first-order valence-corrected chi connectivity index (χ1v) is 10.9. The zero-order valence-electron chi connectivity index (χ0n) is 19.2. The Morgan fingerprint density at radius 1 is 1.03 bits per heavy atom. The standard InChI is InChI=1S/C25H28O11/c1-34-24-16(28)9-5-14(6-11-19(29)30)20(24)17(10-4-13-2-7-15(27)8-3-13)35-25-23(33)22(32)21(31)18(12-26)36-25/h2-11,17-18,21-23,25-28,31-33H,12H2,1H3,(H,29,30). The molecule has 1 fully saturated rings. The fraction of sp³-hybridized carbons (Fsp3) is 0.320. The van der Waals surface area contributed by atoms with Crippen LogP contribution in [0.5, 0.6) is 17.2 Å². The maximum Gasteiger partial charge on any atom is 0.328 e. The summed E-state index contributed by atoms with van der Waals surface area (Å²) in [6.07, 6.45) is -3.71. The lowest BCUT2D eigenvalue weighted by molar-refractivity contribution is -0.308. The third-order valence-electron chi connectivity index (χ3n) is 5.59. The van der Waals surface area contributed by atoms with E-state index in [1.54, 1.807) is 18.2 Å². The highest BCUT2D eigenvalue weighted by Gasteiger charge is 2.45. The van der Waals surface area contributed by atoms with E-state index in [2.05, 4.69) is 0 Å². The van der Waals surface area contributed by atoms with Crippen molar-refractivity contribution in [2.45, 2.75) is 36.8 Å². The van der Waals surface area contributed by atoms with Gasteiger partial charge in [0.15, 0.2) is 17.8 Å². The summed E-state index contributed by atoms with van der Waals surface area (Å²) >= 11 is 0. The van der Waals surface area contributed by atoms with Crippen LogP contribution in [0.3, 0.4) is 0 Å². The Bertz CT molecular complexity index is 1090. The van der Waals surface area contributed by atoms with E-state index in [1.165, 1.54) is 43.5 Å². The molecule has 1 aliphatic heterocycles. The van der Waals surface area contributed by atoms with Crippen LogP contribution in [0.2, 0.25) is 0 Å². The van der Waals surface area contributed by atoms with Gasteiger partial charge in [0.05, 0.1) is 13.7 Å². The van der Waals surface area contributed by atoms with Crippen molar-refractivity contribution in [1.29, 1.82) is 0 Å². The van der Waals surface area contributed by atoms with E-state index in [9.17, 15) is 35.4 Å². The topological polar surface area (TPSA) is 186 Å². The van der Waals surface area contributed by atoms with Crippen LogP contribution in [-0.2, 0) is 14.3 Å². The fourth-order valence-electron chi connectivity index (χ4n) is 3.74. The summed E-state index contributed by atoms with van der Waals surface area (Å²) in [5, 5.41) is 69.3. The van der Waals surface area contributed by atoms with E-state index >= 15 is 0 Å². The second kappa shape index (κ2) is 12.0. The summed E-state index contributed by atoms with van der Waals surface area (Å²) in [5.41, 5.74) is 1.09. The van der Waals surface area contributed by atoms with Gasteiger partial charge in [-0.3, -0.25) is 0 Å². The number of phenolic OH excluding ortho intramolecular Hbond substituents is 2. The van der Waals surface area contributed by atoms with Crippen LogP contribution >= 0.6 is 0 Å². The summed E-state index contributed by atoms with van der Waals surface area (Å²) in [4.78, 5) is 11.1. The molecule has 1 saturated heterocycles. The number of phenols is 2. The number of hydrogen-bond acceptors (Lipinski definition) is 10. The number of rotatable bonds is 9. The molecule has 0 amide bonds. The first-order valence-electron chi connectivity index (χ1n) is 10.9. The van der Waals surface area contributed by atoms with Crippen LogP contribution in [0.25, 0.3) is 12.2 Å². The zero-order chi connectivity index (χ0) is 26.4. The van der Waals surface area contributed by atoms with E-state index in [-0.39, 0.29) is 28.4 Å². The summed E-state index contributed by atoms with van der Waals surface area (Å²) in [5.74, 6) is -1.50. The molecule has 0 radical (unpaired) electrons. The Kier molecular flexibility index (Phi) is 9.04. The molecule has 2 aromatic carbocycles. The van der Waals surface area contributed by atoms with Crippen molar-refractivity contribution < 1.29 is 54.8 Å². The molecule has 0 saturated carbocycles. The molecule has 0 bridgehead atoms. The van der Waals surface area contributed by atoms with Crippen molar-refractivity contribution in [1.82, 2.24) is 0 Å². The van der Waals surface area contributed by atoms with Crippen LogP contribution in [0.4, 0.5) is 0 Å². The minimum atomic E-state index is -1.71. The van der Waals surface area contributed by atoms with E-state index in [0.29, 0.717) is 5.56 Å². The third kappa shape index (κ3) is 6.21. The predicted molar refractivity (Wildman–Crippen MR) is 126 cm³/mol. The SMILES string of the molecule is COc1c(O)ccc(C=CC(=O)O)c1C(C=Cc1ccc(O)cc1)OC1OC(CO)C(O)C(O)C1O. The zero-order valence-corrected chi connectivity index (χ0v) is 19.2. The molecule has 1 heterocycles. The van der Waals surface area contributed by atoms with Gasteiger partial charge in [-0.1, -0.05) is 30.4 Å². The molecule has 1 aliphatic rings. The van der Waals surface area contributed by atoms with Gasteiger partial charge in [0.1, 0.15) is 36.3 Å². The number of methoxy groups -OCH3 is 1. The summed E-state index contributed by atoms with van der Waals surface area (Å²) in [6.45, 7) is -0.666. The Balaban J connectivity index is 2.10. The van der Waals surface area contributed by atoms with Gasteiger partial charge in [0.25, 0.3) is 0 Å². The Morgan fingerprint density at radius 2 is 1.72 bits per heavy atom. The average Bonchev–Trinajstić information content (AvgIpc) is 2.86. The van der Waals surface area contributed by atoms with E-state index in [4.69, 9.17) is 19.3 Å². The number of carboxylic acid groups (broad SMARTS) is 1.